The Balaban J connectivity index is -0.0000000875. The number of hydrogen-bond acceptors (Lipinski definition) is 2. The van der Waals surface area contributed by atoms with Crippen molar-refractivity contribution in [3.05, 3.63) is 30.3 Å². The summed E-state index contributed by atoms with van der Waals surface area (Å²) in [6, 6.07) is 10.0. The first-order valence-corrected chi connectivity index (χ1v) is 2.56. The molecule has 0 saturated heterocycles. The van der Waals surface area contributed by atoms with E-state index in [4.69, 9.17) is 10.2 Å². The van der Waals surface area contributed by atoms with E-state index in [2.05, 4.69) is 0 Å². The minimum absolute atomic E-state index is 0. The van der Waals surface area contributed by atoms with Crippen LogP contribution in [0.4, 0.5) is 0 Å². The molecule has 2 nitrogen and oxygen atoms in total. The Bertz CT molecular complexity index is 68.1. The van der Waals surface area contributed by atoms with Crippen LogP contribution in [0.2, 0.25) is 0 Å². The molecule has 0 aliphatic rings. The first kappa shape index (κ1) is 16.5. The Morgan fingerprint density at radius 1 is 0.900 bits per heavy atom. The Hall–Kier alpha value is -0.0157. The first-order valence-electron chi connectivity index (χ1n) is 2.56. The van der Waals surface area contributed by atoms with Gasteiger partial charge in [0.2, 0.25) is 0 Å². The zero-order chi connectivity index (χ0) is 7.54. The molecule has 0 unspecified atom stereocenters. The van der Waals surface area contributed by atoms with E-state index in [0.717, 1.165) is 14.2 Å². The molecule has 1 aromatic carbocycles. The normalized spacial score (nSPS) is 5.20. The van der Waals surface area contributed by atoms with E-state index in [0.29, 0.717) is 0 Å². The second-order valence-corrected chi connectivity index (χ2v) is 0.962. The minimum Gasteiger partial charge on any atom is -0.400 e. The van der Waals surface area contributed by atoms with Crippen molar-refractivity contribution in [1.29, 1.82) is 0 Å². The Labute approximate surface area is 76.8 Å². The molecule has 0 fully saturated rings. The van der Waals surface area contributed by atoms with Crippen LogP contribution < -0.4 is 0 Å². The molecule has 0 aromatic heterocycles. The van der Waals surface area contributed by atoms with Crippen LogP contribution in [0.15, 0.2) is 30.3 Å². The molecule has 0 aliphatic heterocycles. The van der Waals surface area contributed by atoms with E-state index in [-0.39, 0.29) is 21.7 Å². The molecule has 2 N–H and O–H groups in total. The van der Waals surface area contributed by atoms with E-state index in [1.165, 1.54) is 0 Å². The predicted molar refractivity (Wildman–Crippen MR) is 38.3 cm³/mol. The van der Waals surface area contributed by atoms with Gasteiger partial charge in [-0.3, -0.25) is 0 Å². The number of aliphatic hydroxyl groups is 2. The van der Waals surface area contributed by atoms with Crippen LogP contribution in [0.3, 0.4) is 0 Å². The molecule has 0 saturated carbocycles. The van der Waals surface area contributed by atoms with Gasteiger partial charge in [0.25, 0.3) is 0 Å². The quantitative estimate of drug-likeness (QED) is 0.450. The second-order valence-electron chi connectivity index (χ2n) is 0.962. The zero-order valence-corrected chi connectivity index (χ0v) is 7.84. The van der Waals surface area contributed by atoms with Crippen LogP contribution in [0.25, 0.3) is 0 Å². The van der Waals surface area contributed by atoms with Gasteiger partial charge in [0.05, 0.1) is 0 Å². The third kappa shape index (κ3) is 15.7. The van der Waals surface area contributed by atoms with Gasteiger partial charge in [-0.1, -0.05) is 0 Å². The van der Waals surface area contributed by atoms with Gasteiger partial charge in [0.1, 0.15) is 0 Å². The molecule has 10 heavy (non-hydrogen) atoms. The third-order valence-corrected chi connectivity index (χ3v) is 0.556. The number of rotatable bonds is 0. The maximum Gasteiger partial charge on any atom is 0.0319 e. The van der Waals surface area contributed by atoms with Gasteiger partial charge in [-0.25, -0.2) is 12.1 Å². The standard InChI is InChI=1S/C5H5.2CH4O.Ti/c1-2-4-5-3-1;2*1-2;/h1-5H;2*2H,1H3;/q-1;;;. The molecule has 1 aromatic rings. The molecule has 0 bridgehead atoms. The summed E-state index contributed by atoms with van der Waals surface area (Å²) >= 11 is 0. The van der Waals surface area contributed by atoms with Crippen molar-refractivity contribution in [3.8, 4) is 0 Å². The summed E-state index contributed by atoms with van der Waals surface area (Å²) in [6.45, 7) is 0. The van der Waals surface area contributed by atoms with Crippen molar-refractivity contribution in [2.24, 2.45) is 0 Å². The monoisotopic (exact) mass is 177 g/mol. The van der Waals surface area contributed by atoms with Gasteiger partial charge in [0, 0.05) is 35.9 Å². The van der Waals surface area contributed by atoms with Crippen LogP contribution in [0.5, 0.6) is 0 Å². The van der Waals surface area contributed by atoms with Crippen molar-refractivity contribution in [2.75, 3.05) is 14.2 Å². The minimum atomic E-state index is 0. The average molecular weight is 177 g/mol. The predicted octanol–water partition coefficient (Wildman–Crippen LogP) is 0.620. The van der Waals surface area contributed by atoms with Crippen molar-refractivity contribution in [1.82, 2.24) is 0 Å². The largest absolute Gasteiger partial charge is 0.400 e. The Kier molecular flexibility index (Phi) is 38.1. The smallest absolute Gasteiger partial charge is 0.0319 e. The fourth-order valence-corrected chi connectivity index (χ4v) is 0.321. The van der Waals surface area contributed by atoms with Gasteiger partial charge >= 0.3 is 0 Å². The van der Waals surface area contributed by atoms with Gasteiger partial charge in [0.15, 0.2) is 0 Å². The summed E-state index contributed by atoms with van der Waals surface area (Å²) < 4.78 is 0. The van der Waals surface area contributed by atoms with E-state index in [1.807, 2.05) is 30.3 Å². The van der Waals surface area contributed by atoms with Crippen molar-refractivity contribution >= 4 is 0 Å². The number of aliphatic hydroxyl groups excluding tert-OH is 2. The van der Waals surface area contributed by atoms with Crippen LogP contribution in [0.1, 0.15) is 0 Å². The van der Waals surface area contributed by atoms with E-state index >= 15 is 0 Å². The molecule has 0 spiro atoms. The molecule has 3 heteroatoms. The molecule has 1 rings (SSSR count). The van der Waals surface area contributed by atoms with Gasteiger partial charge in [-0.05, 0) is 0 Å². The van der Waals surface area contributed by atoms with E-state index in [9.17, 15) is 0 Å². The maximum absolute atomic E-state index is 7.00. The molecular weight excluding hydrogens is 164 g/mol. The van der Waals surface area contributed by atoms with E-state index < -0.39 is 0 Å². The van der Waals surface area contributed by atoms with Gasteiger partial charge in [-0.15, -0.1) is 0 Å². The summed E-state index contributed by atoms with van der Waals surface area (Å²) in [6.07, 6.45) is 0. The summed E-state index contributed by atoms with van der Waals surface area (Å²) in [5, 5.41) is 14.0. The molecule has 58 valence electrons. The summed E-state index contributed by atoms with van der Waals surface area (Å²) in [7, 11) is 2.00. The fraction of sp³-hybridized carbons (Fsp3) is 0.286. The van der Waals surface area contributed by atoms with Crippen LogP contribution in [0, 0.1) is 0 Å². The molecule has 0 atom stereocenters. The maximum atomic E-state index is 7.00. The summed E-state index contributed by atoms with van der Waals surface area (Å²) in [5.41, 5.74) is 0. The Morgan fingerprint density at radius 2 is 1.20 bits per heavy atom. The van der Waals surface area contributed by atoms with Crippen molar-refractivity contribution in [2.45, 2.75) is 0 Å². The van der Waals surface area contributed by atoms with Crippen molar-refractivity contribution in [3.63, 3.8) is 0 Å². The summed E-state index contributed by atoms with van der Waals surface area (Å²) in [5.74, 6) is 0. The molecule has 0 aliphatic carbocycles. The van der Waals surface area contributed by atoms with Crippen molar-refractivity contribution < 1.29 is 31.9 Å². The second kappa shape index (κ2) is 23.1. The molecule has 0 radical (unpaired) electrons. The molecule has 0 amide bonds. The third-order valence-electron chi connectivity index (χ3n) is 0.556. The van der Waals surface area contributed by atoms with Crippen LogP contribution in [-0.4, -0.2) is 24.4 Å². The van der Waals surface area contributed by atoms with Crippen LogP contribution >= 0.6 is 0 Å². The van der Waals surface area contributed by atoms with E-state index in [1.54, 1.807) is 0 Å². The van der Waals surface area contributed by atoms with Gasteiger partial charge in [-0.2, -0.15) is 18.2 Å². The molecular formula is C7H13O2Ti-. The number of hydrogen-bond donors (Lipinski definition) is 2. The average Bonchev–Trinajstić information content (AvgIpc) is 2.51. The van der Waals surface area contributed by atoms with Crippen LogP contribution in [-0.2, 0) is 21.7 Å². The zero-order valence-electron chi connectivity index (χ0n) is 6.28. The SMILES string of the molecule is CO.CO.[Ti].c1cc[cH-]c1. The Morgan fingerprint density at radius 3 is 1.30 bits per heavy atom. The fourth-order valence-electron chi connectivity index (χ4n) is 0.321. The first-order chi connectivity index (χ1) is 4.50. The summed E-state index contributed by atoms with van der Waals surface area (Å²) in [4.78, 5) is 0. The van der Waals surface area contributed by atoms with Gasteiger partial charge < -0.3 is 10.2 Å². The topological polar surface area (TPSA) is 40.5 Å². The molecule has 0 heterocycles.